The molecule has 0 bridgehead atoms. The second kappa shape index (κ2) is 6.81. The van der Waals surface area contributed by atoms with Crippen LogP contribution >= 0.6 is 0 Å². The van der Waals surface area contributed by atoms with Gasteiger partial charge in [-0.05, 0) is 31.8 Å². The number of rotatable bonds is 6. The minimum absolute atomic E-state index is 0.345. The van der Waals surface area contributed by atoms with Gasteiger partial charge < -0.3 is 0 Å². The number of unbranched alkanes of at least 4 members (excludes halogenated alkanes) is 4. The van der Waals surface area contributed by atoms with Gasteiger partial charge in [-0.1, -0.05) is 44.6 Å². The van der Waals surface area contributed by atoms with Gasteiger partial charge in [0.05, 0.1) is 0 Å². The summed E-state index contributed by atoms with van der Waals surface area (Å²) >= 11 is 0. The molecule has 0 saturated carbocycles. The Hall–Kier alpha value is -0.590. The van der Waals surface area contributed by atoms with Gasteiger partial charge in [-0.25, -0.2) is 0 Å². The molecule has 1 aliphatic rings. The van der Waals surface area contributed by atoms with Crippen molar-refractivity contribution in [3.63, 3.8) is 0 Å². The highest BCUT2D eigenvalue weighted by atomic mass is 16.1. The molecule has 0 spiro atoms. The Kier molecular flexibility index (Phi) is 5.67. The van der Waals surface area contributed by atoms with Gasteiger partial charge in [0.15, 0.2) is 5.78 Å². The van der Waals surface area contributed by atoms with E-state index >= 15 is 0 Å². The summed E-state index contributed by atoms with van der Waals surface area (Å²) in [5.74, 6) is 0.987. The molecule has 0 aromatic heterocycles. The van der Waals surface area contributed by atoms with Crippen molar-refractivity contribution in [1.82, 2.24) is 0 Å². The van der Waals surface area contributed by atoms with Crippen molar-refractivity contribution in [3.8, 4) is 0 Å². The molecule has 1 rings (SSSR count). The molecule has 0 aliphatic heterocycles. The molecule has 1 nitrogen and oxygen atoms in total. The van der Waals surface area contributed by atoms with Crippen molar-refractivity contribution in [2.24, 2.45) is 5.92 Å². The molecular weight excluding hydrogens is 184 g/mol. The van der Waals surface area contributed by atoms with Crippen molar-refractivity contribution in [2.45, 2.75) is 65.2 Å². The van der Waals surface area contributed by atoms with Gasteiger partial charge in [-0.15, -0.1) is 0 Å². The number of hydrogen-bond acceptors (Lipinski definition) is 1. The summed E-state index contributed by atoms with van der Waals surface area (Å²) in [7, 11) is 0. The zero-order chi connectivity index (χ0) is 11.1. The fraction of sp³-hybridized carbons (Fsp3) is 0.786. The molecule has 0 fully saturated rings. The molecule has 0 saturated heterocycles. The molecule has 15 heavy (non-hydrogen) atoms. The highest BCUT2D eigenvalue weighted by Gasteiger charge is 2.17. The monoisotopic (exact) mass is 208 g/mol. The molecule has 0 aromatic rings. The molecular formula is C14H24O. The molecule has 0 heterocycles. The van der Waals surface area contributed by atoms with Gasteiger partial charge in [0.1, 0.15) is 0 Å². The van der Waals surface area contributed by atoms with Crippen LogP contribution in [0.2, 0.25) is 0 Å². The van der Waals surface area contributed by atoms with E-state index in [1.54, 1.807) is 0 Å². The normalized spacial score (nSPS) is 21.6. The van der Waals surface area contributed by atoms with Crippen molar-refractivity contribution in [3.05, 3.63) is 11.6 Å². The lowest BCUT2D eigenvalue weighted by molar-refractivity contribution is -0.116. The molecule has 0 radical (unpaired) electrons. The van der Waals surface area contributed by atoms with Crippen molar-refractivity contribution in [1.29, 1.82) is 0 Å². The quantitative estimate of drug-likeness (QED) is 0.596. The van der Waals surface area contributed by atoms with E-state index in [0.29, 0.717) is 11.7 Å². The summed E-state index contributed by atoms with van der Waals surface area (Å²) in [5.41, 5.74) is 1.28. The van der Waals surface area contributed by atoms with Gasteiger partial charge in [0, 0.05) is 6.42 Å². The minimum Gasteiger partial charge on any atom is -0.295 e. The van der Waals surface area contributed by atoms with E-state index < -0.39 is 0 Å². The van der Waals surface area contributed by atoms with E-state index in [1.165, 1.54) is 44.1 Å². The van der Waals surface area contributed by atoms with Crippen LogP contribution in [0.3, 0.4) is 0 Å². The lowest BCUT2D eigenvalue weighted by Gasteiger charge is -2.19. The molecule has 86 valence electrons. The molecule has 0 amide bonds. The second-order valence-corrected chi connectivity index (χ2v) is 4.93. The van der Waals surface area contributed by atoms with Gasteiger partial charge in [-0.2, -0.15) is 0 Å². The average Bonchev–Trinajstić information content (AvgIpc) is 2.16. The van der Waals surface area contributed by atoms with Crippen LogP contribution in [0.25, 0.3) is 0 Å². The Morgan fingerprint density at radius 1 is 1.20 bits per heavy atom. The number of carbonyl (C=O) groups excluding carboxylic acids is 1. The van der Waals surface area contributed by atoms with Crippen molar-refractivity contribution >= 4 is 5.78 Å². The zero-order valence-electron chi connectivity index (χ0n) is 10.2. The topological polar surface area (TPSA) is 17.1 Å². The largest absolute Gasteiger partial charge is 0.295 e. The van der Waals surface area contributed by atoms with Gasteiger partial charge in [0.25, 0.3) is 0 Å². The molecule has 0 aromatic carbocycles. The number of hydrogen-bond donors (Lipinski definition) is 0. The SMILES string of the molecule is CCCCCCCC1CC(=O)C=C(C)C1. The van der Waals surface area contributed by atoms with Gasteiger partial charge >= 0.3 is 0 Å². The van der Waals surface area contributed by atoms with E-state index in [4.69, 9.17) is 0 Å². The summed E-state index contributed by atoms with van der Waals surface area (Å²) in [6.07, 6.45) is 11.7. The first-order valence-corrected chi connectivity index (χ1v) is 6.42. The van der Waals surface area contributed by atoms with E-state index in [2.05, 4.69) is 13.8 Å². The van der Waals surface area contributed by atoms with Crippen LogP contribution in [0.4, 0.5) is 0 Å². The standard InChI is InChI=1S/C14H24O/c1-3-4-5-6-7-8-13-9-12(2)10-14(15)11-13/h10,13H,3-9,11H2,1-2H3. The predicted molar refractivity (Wildman–Crippen MR) is 64.9 cm³/mol. The Labute approximate surface area is 93.9 Å². The summed E-state index contributed by atoms with van der Waals surface area (Å²) in [5, 5.41) is 0. The van der Waals surface area contributed by atoms with Gasteiger partial charge in [-0.3, -0.25) is 4.79 Å². The first kappa shape index (κ1) is 12.5. The van der Waals surface area contributed by atoms with E-state index in [-0.39, 0.29) is 0 Å². The maximum absolute atomic E-state index is 11.3. The number of carbonyl (C=O) groups is 1. The fourth-order valence-corrected chi connectivity index (χ4v) is 2.45. The van der Waals surface area contributed by atoms with E-state index in [0.717, 1.165) is 12.8 Å². The Morgan fingerprint density at radius 3 is 2.60 bits per heavy atom. The third kappa shape index (κ3) is 5.15. The van der Waals surface area contributed by atoms with Crippen LogP contribution in [0, 0.1) is 5.92 Å². The maximum Gasteiger partial charge on any atom is 0.155 e. The Balaban J connectivity index is 2.12. The van der Waals surface area contributed by atoms with E-state index in [9.17, 15) is 4.79 Å². The highest BCUT2D eigenvalue weighted by Crippen LogP contribution is 2.26. The smallest absolute Gasteiger partial charge is 0.155 e. The summed E-state index contributed by atoms with van der Waals surface area (Å²) < 4.78 is 0. The van der Waals surface area contributed by atoms with Crippen molar-refractivity contribution < 1.29 is 4.79 Å². The molecule has 1 unspecified atom stereocenters. The maximum atomic E-state index is 11.3. The third-order valence-electron chi connectivity index (χ3n) is 3.22. The highest BCUT2D eigenvalue weighted by molar-refractivity contribution is 5.91. The minimum atomic E-state index is 0.345. The second-order valence-electron chi connectivity index (χ2n) is 4.93. The number of ketones is 1. The van der Waals surface area contributed by atoms with Crippen LogP contribution in [-0.2, 0) is 4.79 Å². The zero-order valence-corrected chi connectivity index (χ0v) is 10.2. The summed E-state index contributed by atoms with van der Waals surface area (Å²) in [6.45, 7) is 4.33. The molecule has 1 atom stereocenters. The van der Waals surface area contributed by atoms with Crippen LogP contribution in [0.15, 0.2) is 11.6 Å². The third-order valence-corrected chi connectivity index (χ3v) is 3.22. The van der Waals surface area contributed by atoms with Crippen LogP contribution in [0.1, 0.15) is 65.2 Å². The van der Waals surface area contributed by atoms with Crippen LogP contribution < -0.4 is 0 Å². The summed E-state index contributed by atoms with van der Waals surface area (Å²) in [6, 6.07) is 0. The average molecular weight is 208 g/mol. The Morgan fingerprint density at radius 2 is 1.93 bits per heavy atom. The molecule has 1 heteroatoms. The molecule has 1 aliphatic carbocycles. The Bertz CT molecular complexity index is 227. The van der Waals surface area contributed by atoms with Crippen LogP contribution in [-0.4, -0.2) is 5.78 Å². The van der Waals surface area contributed by atoms with Crippen molar-refractivity contribution in [2.75, 3.05) is 0 Å². The van der Waals surface area contributed by atoms with E-state index in [1.807, 2.05) is 6.08 Å². The number of allylic oxidation sites excluding steroid dienone is 2. The van der Waals surface area contributed by atoms with Crippen LogP contribution in [0.5, 0.6) is 0 Å². The first-order chi connectivity index (χ1) is 7.22. The molecule has 0 N–H and O–H groups in total. The lowest BCUT2D eigenvalue weighted by atomic mass is 9.85. The van der Waals surface area contributed by atoms with Gasteiger partial charge in [0.2, 0.25) is 0 Å². The fourth-order valence-electron chi connectivity index (χ4n) is 2.45. The first-order valence-electron chi connectivity index (χ1n) is 6.42. The summed E-state index contributed by atoms with van der Waals surface area (Å²) in [4.78, 5) is 11.3. The lowest BCUT2D eigenvalue weighted by Crippen LogP contribution is -2.13. The predicted octanol–water partition coefficient (Wildman–Crippen LogP) is 4.27.